The Morgan fingerprint density at radius 1 is 1.05 bits per heavy atom. The smallest absolute Gasteiger partial charge is 0.416 e. The molecular weight excluding hydrogens is 269 g/mol. The van der Waals surface area contributed by atoms with Crippen molar-refractivity contribution in [1.29, 1.82) is 0 Å². The predicted octanol–water partition coefficient (Wildman–Crippen LogP) is 4.04. The minimum absolute atomic E-state index is 0.326. The van der Waals surface area contributed by atoms with Gasteiger partial charge in [-0.15, -0.1) is 0 Å². The topological polar surface area (TPSA) is 47.3 Å². The summed E-state index contributed by atoms with van der Waals surface area (Å²) in [5.41, 5.74) is 6.32. The molecule has 0 atom stereocenters. The van der Waals surface area contributed by atoms with Crippen LogP contribution in [0.1, 0.15) is 5.56 Å². The fourth-order valence-corrected chi connectivity index (χ4v) is 1.75. The Hall–Kier alpha value is -2.37. The van der Waals surface area contributed by atoms with Crippen molar-refractivity contribution in [2.75, 3.05) is 18.2 Å². The average Bonchev–Trinajstić information content (AvgIpc) is 2.37. The summed E-state index contributed by atoms with van der Waals surface area (Å²) in [5, 5.41) is 2.87. The number of alkyl halides is 3. The summed E-state index contributed by atoms with van der Waals surface area (Å²) in [7, 11) is 1.49. The maximum Gasteiger partial charge on any atom is 0.416 e. The third kappa shape index (κ3) is 3.34. The second kappa shape index (κ2) is 5.32. The molecular formula is C14H13F3N2O. The van der Waals surface area contributed by atoms with Gasteiger partial charge < -0.3 is 15.8 Å². The molecule has 2 rings (SSSR count). The van der Waals surface area contributed by atoms with E-state index in [9.17, 15) is 13.2 Å². The Labute approximate surface area is 114 Å². The van der Waals surface area contributed by atoms with Crippen LogP contribution in [0.3, 0.4) is 0 Å². The van der Waals surface area contributed by atoms with Crippen LogP contribution in [0.5, 0.6) is 5.75 Å². The molecule has 0 radical (unpaired) electrons. The molecule has 3 N–H and O–H groups in total. The molecule has 2 aromatic carbocycles. The number of hydrogen-bond donors (Lipinski definition) is 2. The first-order chi connectivity index (χ1) is 9.38. The summed E-state index contributed by atoms with van der Waals surface area (Å²) < 4.78 is 42.9. The third-order valence-corrected chi connectivity index (χ3v) is 2.64. The number of rotatable bonds is 3. The van der Waals surface area contributed by atoms with Gasteiger partial charge in [-0.3, -0.25) is 0 Å². The van der Waals surface area contributed by atoms with Crippen LogP contribution in [0.4, 0.5) is 30.2 Å². The van der Waals surface area contributed by atoms with Crippen LogP contribution in [-0.4, -0.2) is 7.11 Å². The van der Waals surface area contributed by atoms with Gasteiger partial charge in [0, 0.05) is 29.2 Å². The lowest BCUT2D eigenvalue weighted by molar-refractivity contribution is -0.137. The van der Waals surface area contributed by atoms with Crippen LogP contribution in [0, 0.1) is 0 Å². The van der Waals surface area contributed by atoms with E-state index in [0.29, 0.717) is 22.8 Å². The van der Waals surface area contributed by atoms with E-state index in [1.807, 2.05) is 0 Å². The molecule has 0 bridgehead atoms. The van der Waals surface area contributed by atoms with Crippen LogP contribution in [-0.2, 0) is 6.18 Å². The van der Waals surface area contributed by atoms with Crippen molar-refractivity contribution in [2.24, 2.45) is 0 Å². The van der Waals surface area contributed by atoms with Crippen molar-refractivity contribution < 1.29 is 17.9 Å². The van der Waals surface area contributed by atoms with Crippen LogP contribution in [0.2, 0.25) is 0 Å². The first-order valence-electron chi connectivity index (χ1n) is 5.77. The van der Waals surface area contributed by atoms with Gasteiger partial charge in [0.1, 0.15) is 5.75 Å². The fraction of sp³-hybridized carbons (Fsp3) is 0.143. The van der Waals surface area contributed by atoms with E-state index in [2.05, 4.69) is 5.32 Å². The lowest BCUT2D eigenvalue weighted by Gasteiger charge is -2.12. The van der Waals surface area contributed by atoms with Gasteiger partial charge in [0.05, 0.1) is 12.7 Å². The van der Waals surface area contributed by atoms with E-state index in [1.54, 1.807) is 24.3 Å². The molecule has 0 saturated heterocycles. The highest BCUT2D eigenvalue weighted by atomic mass is 19.4. The second-order valence-corrected chi connectivity index (χ2v) is 4.20. The van der Waals surface area contributed by atoms with Gasteiger partial charge >= 0.3 is 6.18 Å². The standard InChI is InChI=1S/C14H13F3N2O/c1-20-13-7-10(18)6-12(8-13)19-11-4-2-3-9(5-11)14(15,16)17/h2-8,19H,18H2,1H3. The summed E-state index contributed by atoms with van der Waals surface area (Å²) in [4.78, 5) is 0. The van der Waals surface area contributed by atoms with Crippen molar-refractivity contribution in [3.8, 4) is 5.75 Å². The highest BCUT2D eigenvalue weighted by Gasteiger charge is 2.30. The van der Waals surface area contributed by atoms with Gasteiger partial charge in [0.15, 0.2) is 0 Å². The summed E-state index contributed by atoms with van der Waals surface area (Å²) in [5.74, 6) is 0.527. The highest BCUT2D eigenvalue weighted by molar-refractivity contribution is 5.66. The number of hydrogen-bond acceptors (Lipinski definition) is 3. The Kier molecular flexibility index (Phi) is 3.74. The van der Waals surface area contributed by atoms with E-state index in [1.165, 1.54) is 13.2 Å². The molecule has 106 valence electrons. The van der Waals surface area contributed by atoms with Crippen molar-refractivity contribution in [3.63, 3.8) is 0 Å². The van der Waals surface area contributed by atoms with Gasteiger partial charge in [-0.2, -0.15) is 13.2 Å². The first kappa shape index (κ1) is 14.0. The zero-order chi connectivity index (χ0) is 14.8. The molecule has 2 aromatic rings. The number of ether oxygens (including phenoxy) is 1. The largest absolute Gasteiger partial charge is 0.497 e. The monoisotopic (exact) mass is 282 g/mol. The number of nitrogens with two attached hydrogens (primary N) is 1. The van der Waals surface area contributed by atoms with Crippen LogP contribution >= 0.6 is 0 Å². The van der Waals surface area contributed by atoms with E-state index >= 15 is 0 Å². The van der Waals surface area contributed by atoms with Crippen LogP contribution in [0.15, 0.2) is 42.5 Å². The quantitative estimate of drug-likeness (QED) is 0.835. The molecule has 0 aromatic heterocycles. The summed E-state index contributed by atoms with van der Waals surface area (Å²) in [6.07, 6.45) is -4.37. The molecule has 0 unspecified atom stereocenters. The maximum atomic E-state index is 12.6. The number of methoxy groups -OCH3 is 1. The van der Waals surface area contributed by atoms with Crippen molar-refractivity contribution in [3.05, 3.63) is 48.0 Å². The van der Waals surface area contributed by atoms with Gasteiger partial charge in [0.25, 0.3) is 0 Å². The summed E-state index contributed by atoms with van der Waals surface area (Å²) >= 11 is 0. The Bertz CT molecular complexity index is 612. The molecule has 0 aliphatic heterocycles. The van der Waals surface area contributed by atoms with Crippen molar-refractivity contribution >= 4 is 17.1 Å². The van der Waals surface area contributed by atoms with Crippen molar-refractivity contribution in [1.82, 2.24) is 0 Å². The molecule has 0 aliphatic rings. The first-order valence-corrected chi connectivity index (χ1v) is 5.77. The van der Waals surface area contributed by atoms with E-state index in [0.717, 1.165) is 12.1 Å². The number of benzene rings is 2. The summed E-state index contributed by atoms with van der Waals surface area (Å²) in [6, 6.07) is 9.83. The van der Waals surface area contributed by atoms with Crippen molar-refractivity contribution in [2.45, 2.75) is 6.18 Å². The average molecular weight is 282 g/mol. The molecule has 0 heterocycles. The molecule has 0 aliphatic carbocycles. The molecule has 3 nitrogen and oxygen atoms in total. The minimum Gasteiger partial charge on any atom is -0.497 e. The molecule has 20 heavy (non-hydrogen) atoms. The van der Waals surface area contributed by atoms with Crippen LogP contribution in [0.25, 0.3) is 0 Å². The number of nitrogen functional groups attached to an aromatic ring is 1. The van der Waals surface area contributed by atoms with Gasteiger partial charge in [-0.25, -0.2) is 0 Å². The van der Waals surface area contributed by atoms with E-state index in [4.69, 9.17) is 10.5 Å². The van der Waals surface area contributed by atoms with E-state index < -0.39 is 11.7 Å². The Morgan fingerprint density at radius 3 is 2.45 bits per heavy atom. The van der Waals surface area contributed by atoms with Gasteiger partial charge in [-0.1, -0.05) is 6.07 Å². The normalized spacial score (nSPS) is 11.2. The Balaban J connectivity index is 2.28. The lowest BCUT2D eigenvalue weighted by Crippen LogP contribution is -2.05. The number of halogens is 3. The van der Waals surface area contributed by atoms with Gasteiger partial charge in [0.2, 0.25) is 0 Å². The Morgan fingerprint density at radius 2 is 1.80 bits per heavy atom. The molecule has 0 fully saturated rings. The highest BCUT2D eigenvalue weighted by Crippen LogP contribution is 2.32. The predicted molar refractivity (Wildman–Crippen MR) is 72.1 cm³/mol. The molecule has 0 amide bonds. The molecule has 0 spiro atoms. The second-order valence-electron chi connectivity index (χ2n) is 4.20. The molecule has 6 heteroatoms. The summed E-state index contributed by atoms with van der Waals surface area (Å²) in [6.45, 7) is 0. The fourth-order valence-electron chi connectivity index (χ4n) is 1.75. The minimum atomic E-state index is -4.37. The zero-order valence-electron chi connectivity index (χ0n) is 10.7. The third-order valence-electron chi connectivity index (χ3n) is 2.64. The lowest BCUT2D eigenvalue weighted by atomic mass is 10.2. The number of nitrogens with one attached hydrogen (secondary N) is 1. The van der Waals surface area contributed by atoms with E-state index in [-0.39, 0.29) is 0 Å². The SMILES string of the molecule is COc1cc(N)cc(Nc2cccc(C(F)(F)F)c2)c1. The van der Waals surface area contributed by atoms with Crippen LogP contribution < -0.4 is 15.8 Å². The van der Waals surface area contributed by atoms with Gasteiger partial charge in [-0.05, 0) is 24.3 Å². The maximum absolute atomic E-state index is 12.6. The zero-order valence-corrected chi connectivity index (χ0v) is 10.7. The number of anilines is 3. The molecule has 0 saturated carbocycles.